The number of rotatable bonds is 4. The predicted octanol–water partition coefficient (Wildman–Crippen LogP) is -6.11. The largest absolute Gasteiger partial charge is 0.394 e. The molecule has 2 saturated heterocycles. The minimum absolute atomic E-state index is 0.696. The van der Waals surface area contributed by atoms with Gasteiger partial charge in [0.2, 0.25) is 0 Å². The Balaban J connectivity index is 2.16. The van der Waals surface area contributed by atoms with Gasteiger partial charge in [-0.1, -0.05) is 0 Å². The molecule has 2 fully saturated rings. The van der Waals surface area contributed by atoms with Crippen molar-refractivity contribution < 1.29 is 55.1 Å². The Bertz CT molecular complexity index is 410. The summed E-state index contributed by atoms with van der Waals surface area (Å²) in [7, 11) is 0. The summed E-state index contributed by atoms with van der Waals surface area (Å²) in [4.78, 5) is 0. The van der Waals surface area contributed by atoms with Crippen molar-refractivity contribution in [2.45, 2.75) is 67.6 Å². The van der Waals surface area contributed by atoms with Crippen LogP contribution in [0.3, 0.4) is 0 Å². The molecule has 0 aromatic heterocycles. The van der Waals surface area contributed by atoms with E-state index in [4.69, 9.17) is 25.1 Å². The van der Waals surface area contributed by atoms with Crippen LogP contribution in [0.25, 0.3) is 0 Å². The molecule has 2 heterocycles. The van der Waals surface area contributed by atoms with E-state index >= 15 is 0 Å². The van der Waals surface area contributed by atoms with Crippen molar-refractivity contribution in [3.63, 3.8) is 0 Å². The summed E-state index contributed by atoms with van der Waals surface area (Å²) in [6, 6.07) is 0. The van der Waals surface area contributed by atoms with Crippen molar-refractivity contribution in [2.75, 3.05) is 6.61 Å². The van der Waals surface area contributed by atoms with Crippen molar-refractivity contribution in [1.82, 2.24) is 0 Å². The standard InChI is InChI=1S/C12H23NO11/c13-10(20)9-8(5(17)6(18)11(21)23-9)24-12-7(19)4(16)3(15)2(1-14)22-12/h2-12,14-21H,1,13H2/t2-,3+,4+,5-,6-,7-,8+,9+,10?,11?,12+/m1/s1. The van der Waals surface area contributed by atoms with Gasteiger partial charge in [0.05, 0.1) is 6.61 Å². The smallest absolute Gasteiger partial charge is 0.187 e. The van der Waals surface area contributed by atoms with Crippen LogP contribution < -0.4 is 5.73 Å². The summed E-state index contributed by atoms with van der Waals surface area (Å²) < 4.78 is 15.2. The maximum absolute atomic E-state index is 10.0. The topological polar surface area (TPSA) is 216 Å². The van der Waals surface area contributed by atoms with Crippen LogP contribution in [0.4, 0.5) is 0 Å². The molecular formula is C12H23NO11. The molecule has 2 unspecified atom stereocenters. The van der Waals surface area contributed by atoms with Gasteiger partial charge >= 0.3 is 0 Å². The number of hydrogen-bond acceptors (Lipinski definition) is 12. The van der Waals surface area contributed by atoms with Crippen LogP contribution in [0, 0.1) is 0 Å². The van der Waals surface area contributed by atoms with Gasteiger partial charge in [0.25, 0.3) is 0 Å². The number of hydrogen-bond donors (Lipinski definition) is 9. The van der Waals surface area contributed by atoms with Crippen molar-refractivity contribution in [2.24, 2.45) is 5.73 Å². The molecule has 12 heteroatoms. The SMILES string of the molecule is NC(O)[C@H]1OC(O)[C@H](O)[C@@H](O)[C@@H]1O[C@@H]1O[C@H](CO)[C@H](O)[C@H](O)[C@H]1O. The fraction of sp³-hybridized carbons (Fsp3) is 1.00. The van der Waals surface area contributed by atoms with E-state index in [2.05, 4.69) is 0 Å². The van der Waals surface area contributed by atoms with Crippen LogP contribution in [-0.4, -0.2) is 115 Å². The summed E-state index contributed by atoms with van der Waals surface area (Å²) in [5.74, 6) is 0. The average Bonchev–Trinajstić information content (AvgIpc) is 2.54. The Kier molecular flexibility index (Phi) is 6.46. The summed E-state index contributed by atoms with van der Waals surface area (Å²) in [6.45, 7) is -0.696. The monoisotopic (exact) mass is 357 g/mol. The fourth-order valence-corrected chi connectivity index (χ4v) is 2.64. The van der Waals surface area contributed by atoms with Crippen molar-refractivity contribution in [1.29, 1.82) is 0 Å². The van der Waals surface area contributed by atoms with E-state index in [1.54, 1.807) is 0 Å². The van der Waals surface area contributed by atoms with Gasteiger partial charge in [-0.15, -0.1) is 0 Å². The molecule has 11 atom stereocenters. The lowest BCUT2D eigenvalue weighted by molar-refractivity contribution is -0.359. The molecule has 0 saturated carbocycles. The van der Waals surface area contributed by atoms with Crippen LogP contribution in [0.5, 0.6) is 0 Å². The second-order valence-corrected chi connectivity index (χ2v) is 5.76. The number of aliphatic hydroxyl groups is 8. The highest BCUT2D eigenvalue weighted by Crippen LogP contribution is 2.29. The minimum atomic E-state index is -1.84. The Morgan fingerprint density at radius 1 is 0.875 bits per heavy atom. The molecule has 2 rings (SSSR count). The maximum atomic E-state index is 10.0. The molecule has 0 bridgehead atoms. The van der Waals surface area contributed by atoms with Gasteiger partial charge in [-0.3, -0.25) is 0 Å². The molecule has 24 heavy (non-hydrogen) atoms. The first kappa shape index (κ1) is 19.8. The molecule has 2 aliphatic heterocycles. The number of ether oxygens (including phenoxy) is 3. The lowest BCUT2D eigenvalue weighted by atomic mass is 9.96. The Hall–Kier alpha value is -0.480. The molecule has 0 aromatic rings. The molecule has 2 aliphatic rings. The highest BCUT2D eigenvalue weighted by Gasteiger charge is 2.51. The van der Waals surface area contributed by atoms with Crippen molar-refractivity contribution in [3.8, 4) is 0 Å². The van der Waals surface area contributed by atoms with Gasteiger partial charge in [0.15, 0.2) is 12.6 Å². The van der Waals surface area contributed by atoms with Gasteiger partial charge in [-0.25, -0.2) is 0 Å². The van der Waals surface area contributed by atoms with Gasteiger partial charge < -0.3 is 60.8 Å². The first-order chi connectivity index (χ1) is 11.2. The highest BCUT2D eigenvalue weighted by atomic mass is 16.7. The molecule has 0 aliphatic carbocycles. The third-order valence-electron chi connectivity index (χ3n) is 4.08. The summed E-state index contributed by atoms with van der Waals surface area (Å²) in [5.41, 5.74) is 5.28. The lowest BCUT2D eigenvalue weighted by Gasteiger charge is -2.46. The van der Waals surface area contributed by atoms with Crippen molar-refractivity contribution in [3.05, 3.63) is 0 Å². The number of aliphatic hydroxyl groups excluding tert-OH is 8. The van der Waals surface area contributed by atoms with Gasteiger partial charge in [0, 0.05) is 0 Å². The summed E-state index contributed by atoms with van der Waals surface area (Å²) in [6.07, 6.45) is -18.2. The van der Waals surface area contributed by atoms with E-state index in [1.165, 1.54) is 0 Å². The third-order valence-corrected chi connectivity index (χ3v) is 4.08. The van der Waals surface area contributed by atoms with E-state index in [-0.39, 0.29) is 0 Å². The van der Waals surface area contributed by atoms with E-state index in [1.807, 2.05) is 0 Å². The van der Waals surface area contributed by atoms with E-state index in [9.17, 15) is 35.7 Å². The maximum Gasteiger partial charge on any atom is 0.187 e. The molecule has 0 spiro atoms. The fourth-order valence-electron chi connectivity index (χ4n) is 2.64. The molecule has 0 radical (unpaired) electrons. The van der Waals surface area contributed by atoms with Gasteiger partial charge in [-0.05, 0) is 0 Å². The van der Waals surface area contributed by atoms with Crippen LogP contribution in [0.15, 0.2) is 0 Å². The molecule has 0 amide bonds. The Morgan fingerprint density at radius 3 is 2.04 bits per heavy atom. The first-order valence-corrected chi connectivity index (χ1v) is 7.28. The van der Waals surface area contributed by atoms with Crippen LogP contribution >= 0.6 is 0 Å². The first-order valence-electron chi connectivity index (χ1n) is 7.28. The molecule has 10 N–H and O–H groups in total. The van der Waals surface area contributed by atoms with Crippen molar-refractivity contribution >= 4 is 0 Å². The van der Waals surface area contributed by atoms with E-state index in [0.717, 1.165) is 0 Å². The third kappa shape index (κ3) is 3.70. The highest BCUT2D eigenvalue weighted by molar-refractivity contribution is 4.94. The summed E-state index contributed by atoms with van der Waals surface area (Å²) in [5, 5.41) is 77.0. The zero-order valence-electron chi connectivity index (χ0n) is 12.4. The van der Waals surface area contributed by atoms with E-state index < -0.39 is 74.2 Å². The minimum Gasteiger partial charge on any atom is -0.394 e. The molecule has 12 nitrogen and oxygen atoms in total. The number of nitrogens with two attached hydrogens (primary N) is 1. The molecule has 142 valence electrons. The zero-order chi connectivity index (χ0) is 18.2. The van der Waals surface area contributed by atoms with Gasteiger partial charge in [0.1, 0.15) is 55.1 Å². The normalized spacial score (nSPS) is 51.4. The zero-order valence-corrected chi connectivity index (χ0v) is 12.4. The van der Waals surface area contributed by atoms with E-state index in [0.29, 0.717) is 0 Å². The average molecular weight is 357 g/mol. The summed E-state index contributed by atoms with van der Waals surface area (Å²) >= 11 is 0. The second-order valence-electron chi connectivity index (χ2n) is 5.76. The quantitative estimate of drug-likeness (QED) is 0.215. The molecular weight excluding hydrogens is 334 g/mol. The van der Waals surface area contributed by atoms with Crippen LogP contribution in [0.2, 0.25) is 0 Å². The van der Waals surface area contributed by atoms with Crippen LogP contribution in [-0.2, 0) is 14.2 Å². The van der Waals surface area contributed by atoms with Crippen LogP contribution in [0.1, 0.15) is 0 Å². The predicted molar refractivity (Wildman–Crippen MR) is 71.7 cm³/mol. The Morgan fingerprint density at radius 2 is 1.50 bits per heavy atom. The molecule has 0 aromatic carbocycles. The lowest BCUT2D eigenvalue weighted by Crippen LogP contribution is -2.66. The second kappa shape index (κ2) is 7.82. The van der Waals surface area contributed by atoms with Gasteiger partial charge in [-0.2, -0.15) is 0 Å². The Labute approximate surface area is 136 Å².